The van der Waals surface area contributed by atoms with Gasteiger partial charge >= 0.3 is 0 Å². The van der Waals surface area contributed by atoms with Gasteiger partial charge in [-0.05, 0) is 75.4 Å². The number of hydrogen-bond acceptors (Lipinski definition) is 5. The van der Waals surface area contributed by atoms with Crippen LogP contribution in [0.25, 0.3) is 16.6 Å². The van der Waals surface area contributed by atoms with E-state index in [-0.39, 0.29) is 22.1 Å². The first-order valence-corrected chi connectivity index (χ1v) is 15.1. The molecule has 3 aromatic rings. The molecule has 38 heavy (non-hydrogen) atoms. The van der Waals surface area contributed by atoms with Crippen LogP contribution in [0.15, 0.2) is 52.4 Å². The number of piperidine rings is 2. The van der Waals surface area contributed by atoms with Crippen molar-refractivity contribution < 1.29 is 4.79 Å². The van der Waals surface area contributed by atoms with E-state index in [0.717, 1.165) is 57.4 Å². The van der Waals surface area contributed by atoms with Crippen LogP contribution in [0.4, 0.5) is 0 Å². The highest BCUT2D eigenvalue weighted by molar-refractivity contribution is 8.00. The second-order valence-corrected chi connectivity index (χ2v) is 12.5. The summed E-state index contributed by atoms with van der Waals surface area (Å²) in [5.41, 5.74) is 2.33. The Morgan fingerprint density at radius 2 is 2.03 bits per heavy atom. The number of nitrogens with one attached hydrogen (secondary N) is 1. The number of likely N-dealkylation sites (tertiary alicyclic amines) is 1. The fraction of sp³-hybridized carbons (Fsp3) is 0.500. The third-order valence-electron chi connectivity index (χ3n) is 8.01. The molecular weight excluding hydrogens is 516 g/mol. The summed E-state index contributed by atoms with van der Waals surface area (Å²) in [5.74, 6) is 0.171. The van der Waals surface area contributed by atoms with Gasteiger partial charge in [0.15, 0.2) is 5.16 Å². The molecule has 1 spiro atoms. The summed E-state index contributed by atoms with van der Waals surface area (Å²) in [5, 5.41) is 4.91. The van der Waals surface area contributed by atoms with Crippen molar-refractivity contribution >= 4 is 40.2 Å². The molecule has 2 unspecified atom stereocenters. The van der Waals surface area contributed by atoms with Gasteiger partial charge in [0.2, 0.25) is 5.91 Å². The summed E-state index contributed by atoms with van der Waals surface area (Å²) in [6.45, 7) is 7.79. The predicted molar refractivity (Wildman–Crippen MR) is 157 cm³/mol. The SMILES string of the molecule is CCCCC(Sc1nc2c(C)cccc2c(=O)n1-c1cccc(Cl)c1)C(=O)N1CCCC2(CCCNC2)C1. The Bertz CT molecular complexity index is 1360. The van der Waals surface area contributed by atoms with Gasteiger partial charge < -0.3 is 10.2 Å². The zero-order chi connectivity index (χ0) is 26.7. The molecule has 6 nitrogen and oxygen atoms in total. The average Bonchev–Trinajstić information content (AvgIpc) is 2.92. The van der Waals surface area contributed by atoms with Crippen LogP contribution in [-0.2, 0) is 4.79 Å². The van der Waals surface area contributed by atoms with Gasteiger partial charge in [-0.1, -0.05) is 61.3 Å². The Morgan fingerprint density at radius 3 is 2.79 bits per heavy atom. The molecule has 2 atom stereocenters. The minimum Gasteiger partial charge on any atom is -0.341 e. The monoisotopic (exact) mass is 552 g/mol. The van der Waals surface area contributed by atoms with Gasteiger partial charge in [0.25, 0.3) is 5.56 Å². The van der Waals surface area contributed by atoms with Crippen LogP contribution in [0.5, 0.6) is 0 Å². The van der Waals surface area contributed by atoms with Crippen LogP contribution >= 0.6 is 23.4 Å². The van der Waals surface area contributed by atoms with E-state index in [1.165, 1.54) is 31.0 Å². The number of nitrogens with zero attached hydrogens (tertiary/aromatic N) is 3. The number of carbonyl (C=O) groups excluding carboxylic acids is 1. The van der Waals surface area contributed by atoms with Gasteiger partial charge in [-0.15, -0.1) is 0 Å². The number of halogens is 1. The molecule has 0 aliphatic carbocycles. The summed E-state index contributed by atoms with van der Waals surface area (Å²) in [6.07, 6.45) is 7.26. The first-order valence-electron chi connectivity index (χ1n) is 13.9. The van der Waals surface area contributed by atoms with Crippen molar-refractivity contribution in [2.45, 2.75) is 69.2 Å². The van der Waals surface area contributed by atoms with Gasteiger partial charge in [0.1, 0.15) is 0 Å². The Balaban J connectivity index is 1.54. The maximum Gasteiger partial charge on any atom is 0.266 e. The van der Waals surface area contributed by atoms with Crippen molar-refractivity contribution in [2.24, 2.45) is 5.41 Å². The smallest absolute Gasteiger partial charge is 0.266 e. The van der Waals surface area contributed by atoms with Gasteiger partial charge in [0.05, 0.1) is 21.8 Å². The number of carbonyl (C=O) groups is 1. The van der Waals surface area contributed by atoms with Crippen molar-refractivity contribution in [3.05, 3.63) is 63.4 Å². The lowest BCUT2D eigenvalue weighted by Gasteiger charge is -2.46. The number of para-hydroxylation sites is 1. The van der Waals surface area contributed by atoms with Crippen LogP contribution in [0, 0.1) is 12.3 Å². The molecule has 2 saturated heterocycles. The zero-order valence-corrected chi connectivity index (χ0v) is 23.9. The van der Waals surface area contributed by atoms with Crippen molar-refractivity contribution in [3.8, 4) is 5.69 Å². The summed E-state index contributed by atoms with van der Waals surface area (Å²) in [7, 11) is 0. The molecule has 1 N–H and O–H groups in total. The van der Waals surface area contributed by atoms with E-state index in [9.17, 15) is 9.59 Å². The molecule has 2 fully saturated rings. The highest BCUT2D eigenvalue weighted by atomic mass is 35.5. The molecule has 202 valence electrons. The van der Waals surface area contributed by atoms with Crippen molar-refractivity contribution in [3.63, 3.8) is 0 Å². The van der Waals surface area contributed by atoms with Crippen LogP contribution in [-0.4, -0.2) is 51.8 Å². The number of fused-ring (bicyclic) bond motifs is 1. The fourth-order valence-corrected chi connectivity index (χ4v) is 7.39. The highest BCUT2D eigenvalue weighted by Crippen LogP contribution is 2.38. The van der Waals surface area contributed by atoms with Crippen molar-refractivity contribution in [1.29, 1.82) is 0 Å². The van der Waals surface area contributed by atoms with Crippen LogP contribution in [0.3, 0.4) is 0 Å². The largest absolute Gasteiger partial charge is 0.341 e. The summed E-state index contributed by atoms with van der Waals surface area (Å²) < 4.78 is 1.63. The molecule has 5 rings (SSSR count). The maximum atomic E-state index is 14.1. The molecule has 2 aliphatic heterocycles. The van der Waals surface area contributed by atoms with Crippen LogP contribution < -0.4 is 10.9 Å². The number of thioether (sulfide) groups is 1. The maximum absolute atomic E-state index is 14.1. The van der Waals surface area contributed by atoms with Crippen molar-refractivity contribution in [2.75, 3.05) is 26.2 Å². The predicted octanol–water partition coefficient (Wildman–Crippen LogP) is 5.99. The molecule has 1 amide bonds. The minimum absolute atomic E-state index is 0.143. The molecular formula is C30H37ClN4O2S. The lowest BCUT2D eigenvalue weighted by Crippen LogP contribution is -2.54. The van der Waals surface area contributed by atoms with Gasteiger partial charge in [-0.2, -0.15) is 0 Å². The summed E-state index contributed by atoms with van der Waals surface area (Å²) in [6, 6.07) is 13.0. The third-order valence-corrected chi connectivity index (χ3v) is 9.45. The average molecular weight is 553 g/mol. The van der Waals surface area contributed by atoms with Crippen molar-refractivity contribution in [1.82, 2.24) is 19.8 Å². The Morgan fingerprint density at radius 1 is 1.21 bits per heavy atom. The number of aromatic nitrogens is 2. The van der Waals surface area contributed by atoms with Crippen LogP contribution in [0.2, 0.25) is 5.02 Å². The molecule has 3 heterocycles. The second-order valence-electron chi connectivity index (χ2n) is 10.9. The minimum atomic E-state index is -0.305. The summed E-state index contributed by atoms with van der Waals surface area (Å²) >= 11 is 7.76. The van der Waals surface area contributed by atoms with Gasteiger partial charge in [-0.25, -0.2) is 4.98 Å². The lowest BCUT2D eigenvalue weighted by molar-refractivity contribution is -0.134. The second kappa shape index (κ2) is 11.8. The topological polar surface area (TPSA) is 67.2 Å². The quantitative estimate of drug-likeness (QED) is 0.288. The van der Waals surface area contributed by atoms with E-state index in [1.54, 1.807) is 16.7 Å². The Kier molecular flexibility index (Phi) is 8.46. The number of rotatable bonds is 7. The molecule has 0 radical (unpaired) electrons. The highest BCUT2D eigenvalue weighted by Gasteiger charge is 2.39. The normalized spacial score (nSPS) is 20.7. The molecule has 0 saturated carbocycles. The number of aryl methyl sites for hydroxylation is 1. The van der Waals surface area contributed by atoms with E-state index in [0.29, 0.717) is 26.8 Å². The first-order chi connectivity index (χ1) is 18.4. The first kappa shape index (κ1) is 27.2. The van der Waals surface area contributed by atoms with Gasteiger partial charge in [-0.3, -0.25) is 14.2 Å². The van der Waals surface area contributed by atoms with E-state index in [1.807, 2.05) is 37.3 Å². The number of amides is 1. The number of hydrogen-bond donors (Lipinski definition) is 1. The standard InChI is InChI=1S/C30H37ClN4O2S/c1-3-4-13-25(28(37)34-17-8-15-30(20-34)14-7-16-32-19-30)38-29-33-26-21(2)9-5-12-24(26)27(36)35(29)23-11-6-10-22(31)18-23/h5-6,9-12,18,25,32H,3-4,7-8,13-17,19-20H2,1-2H3. The molecule has 1 aromatic heterocycles. The lowest BCUT2D eigenvalue weighted by atomic mass is 9.74. The zero-order valence-electron chi connectivity index (χ0n) is 22.3. The molecule has 8 heteroatoms. The molecule has 2 aromatic carbocycles. The van der Waals surface area contributed by atoms with E-state index >= 15 is 0 Å². The Hall–Kier alpha value is -2.35. The van der Waals surface area contributed by atoms with E-state index in [2.05, 4.69) is 17.1 Å². The summed E-state index contributed by atoms with van der Waals surface area (Å²) in [4.78, 5) is 35.0. The number of benzene rings is 2. The molecule has 2 aliphatic rings. The Labute approximate surface area is 234 Å². The van der Waals surface area contributed by atoms with E-state index in [4.69, 9.17) is 16.6 Å². The van der Waals surface area contributed by atoms with Gasteiger partial charge in [0, 0.05) is 30.1 Å². The number of unbranched alkanes of at least 4 members (excludes halogenated alkanes) is 1. The third kappa shape index (κ3) is 5.65. The van der Waals surface area contributed by atoms with Crippen LogP contribution in [0.1, 0.15) is 57.4 Å². The fourth-order valence-electron chi connectivity index (χ4n) is 5.98. The van der Waals surface area contributed by atoms with E-state index < -0.39 is 0 Å². The molecule has 0 bridgehead atoms.